The van der Waals surface area contributed by atoms with Crippen molar-refractivity contribution >= 4 is 11.7 Å². The molecular formula is C21H20FN3O2. The molecule has 2 aromatic carbocycles. The van der Waals surface area contributed by atoms with Gasteiger partial charge in [-0.2, -0.15) is 0 Å². The number of ether oxygens (including phenoxy) is 1. The highest BCUT2D eigenvalue weighted by atomic mass is 19.1. The highest BCUT2D eigenvalue weighted by Gasteiger charge is 2.33. The monoisotopic (exact) mass is 365 g/mol. The number of halogens is 1. The molecule has 5 nitrogen and oxygen atoms in total. The Morgan fingerprint density at radius 2 is 1.85 bits per heavy atom. The molecule has 1 aromatic heterocycles. The van der Waals surface area contributed by atoms with Crippen LogP contribution >= 0.6 is 0 Å². The lowest BCUT2D eigenvalue weighted by Crippen LogP contribution is -2.44. The first kappa shape index (κ1) is 17.1. The lowest BCUT2D eigenvalue weighted by Gasteiger charge is -2.37. The second-order valence-corrected chi connectivity index (χ2v) is 6.40. The van der Waals surface area contributed by atoms with Crippen molar-refractivity contribution in [3.8, 4) is 5.75 Å². The van der Waals surface area contributed by atoms with Crippen LogP contribution in [-0.4, -0.2) is 29.2 Å². The summed E-state index contributed by atoms with van der Waals surface area (Å²) in [5.41, 5.74) is 2.05. The van der Waals surface area contributed by atoms with Crippen LogP contribution in [0.25, 0.3) is 0 Å². The van der Waals surface area contributed by atoms with Gasteiger partial charge in [-0.1, -0.05) is 18.2 Å². The van der Waals surface area contributed by atoms with Crippen LogP contribution < -0.4 is 10.1 Å². The molecular weight excluding hydrogens is 345 g/mol. The zero-order chi connectivity index (χ0) is 18.8. The lowest BCUT2D eigenvalue weighted by molar-refractivity contribution is 0.180. The van der Waals surface area contributed by atoms with E-state index in [2.05, 4.69) is 9.88 Å². The predicted octanol–water partition coefficient (Wildman–Crippen LogP) is 4.27. The summed E-state index contributed by atoms with van der Waals surface area (Å²) in [6, 6.07) is 16.8. The molecule has 2 heterocycles. The highest BCUT2D eigenvalue weighted by molar-refractivity contribution is 5.90. The summed E-state index contributed by atoms with van der Waals surface area (Å²) in [6.07, 6.45) is 1.96. The Morgan fingerprint density at radius 3 is 2.59 bits per heavy atom. The molecule has 1 aliphatic rings. The molecule has 0 saturated carbocycles. The molecule has 0 saturated heterocycles. The minimum atomic E-state index is -0.479. The van der Waals surface area contributed by atoms with Crippen molar-refractivity contribution in [2.24, 2.45) is 0 Å². The third kappa shape index (κ3) is 3.26. The molecule has 0 unspecified atom stereocenters. The first-order valence-corrected chi connectivity index (χ1v) is 8.78. The van der Waals surface area contributed by atoms with E-state index in [0.29, 0.717) is 30.1 Å². The Bertz CT molecular complexity index is 952. The van der Waals surface area contributed by atoms with Crippen LogP contribution in [-0.2, 0) is 6.54 Å². The molecule has 0 radical (unpaired) electrons. The van der Waals surface area contributed by atoms with Gasteiger partial charge < -0.3 is 19.5 Å². The number of rotatable bonds is 3. The number of nitrogens with one attached hydrogen (secondary N) is 1. The van der Waals surface area contributed by atoms with E-state index in [1.54, 1.807) is 54.5 Å². The largest absolute Gasteiger partial charge is 0.497 e. The SMILES string of the molecule is COc1ccc(NC(=O)N2CCn3cccc3[C@H]2c2ccccc2F)cc1. The smallest absolute Gasteiger partial charge is 0.322 e. The minimum Gasteiger partial charge on any atom is -0.497 e. The van der Waals surface area contributed by atoms with Gasteiger partial charge in [-0.05, 0) is 42.5 Å². The summed E-state index contributed by atoms with van der Waals surface area (Å²) in [4.78, 5) is 14.7. The van der Waals surface area contributed by atoms with Crippen LogP contribution in [0.1, 0.15) is 17.3 Å². The van der Waals surface area contributed by atoms with Crippen molar-refractivity contribution in [1.82, 2.24) is 9.47 Å². The maximum absolute atomic E-state index is 14.5. The normalized spacial score (nSPS) is 15.9. The Balaban J connectivity index is 1.65. The van der Waals surface area contributed by atoms with E-state index in [0.717, 1.165) is 5.69 Å². The third-order valence-electron chi connectivity index (χ3n) is 4.84. The molecule has 1 aliphatic heterocycles. The number of benzene rings is 2. The van der Waals surface area contributed by atoms with Gasteiger partial charge in [-0.3, -0.25) is 0 Å². The maximum Gasteiger partial charge on any atom is 0.322 e. The Hall–Kier alpha value is -3.28. The van der Waals surface area contributed by atoms with Crippen molar-refractivity contribution in [1.29, 1.82) is 0 Å². The van der Waals surface area contributed by atoms with Gasteiger partial charge in [-0.15, -0.1) is 0 Å². The van der Waals surface area contributed by atoms with Gasteiger partial charge >= 0.3 is 6.03 Å². The number of nitrogens with zero attached hydrogens (tertiary/aromatic N) is 2. The number of urea groups is 1. The van der Waals surface area contributed by atoms with E-state index in [1.807, 2.05) is 18.3 Å². The van der Waals surface area contributed by atoms with E-state index in [-0.39, 0.29) is 11.8 Å². The van der Waals surface area contributed by atoms with Gasteiger partial charge in [0.25, 0.3) is 0 Å². The number of aromatic nitrogens is 1. The zero-order valence-electron chi connectivity index (χ0n) is 14.9. The van der Waals surface area contributed by atoms with E-state index in [4.69, 9.17) is 4.74 Å². The fourth-order valence-electron chi connectivity index (χ4n) is 3.50. The topological polar surface area (TPSA) is 46.5 Å². The van der Waals surface area contributed by atoms with Crippen molar-refractivity contribution in [3.63, 3.8) is 0 Å². The first-order valence-electron chi connectivity index (χ1n) is 8.78. The van der Waals surface area contributed by atoms with Gasteiger partial charge in [0.2, 0.25) is 0 Å². The van der Waals surface area contributed by atoms with Crippen molar-refractivity contribution < 1.29 is 13.9 Å². The lowest BCUT2D eigenvalue weighted by atomic mass is 9.99. The Labute approximate surface area is 157 Å². The molecule has 138 valence electrons. The fraction of sp³-hybridized carbons (Fsp3) is 0.190. The van der Waals surface area contributed by atoms with Crippen molar-refractivity contribution in [2.45, 2.75) is 12.6 Å². The summed E-state index contributed by atoms with van der Waals surface area (Å²) in [6.45, 7) is 1.16. The maximum atomic E-state index is 14.5. The standard InChI is InChI=1S/C21H20FN3O2/c1-27-16-10-8-15(9-11-16)23-21(26)25-14-13-24-12-4-7-19(24)20(25)17-5-2-3-6-18(17)22/h2-12,20H,13-14H2,1H3,(H,23,26)/t20-/m1/s1. The average Bonchev–Trinajstić information content (AvgIpc) is 3.17. The zero-order valence-corrected chi connectivity index (χ0v) is 14.9. The number of hydrogen-bond donors (Lipinski definition) is 1. The quantitative estimate of drug-likeness (QED) is 0.753. The molecule has 0 spiro atoms. The number of anilines is 1. The molecule has 2 amide bonds. The summed E-state index contributed by atoms with van der Waals surface area (Å²) < 4.78 is 21.7. The molecule has 0 fully saturated rings. The van der Waals surface area contributed by atoms with E-state index in [9.17, 15) is 9.18 Å². The predicted molar refractivity (Wildman–Crippen MR) is 101 cm³/mol. The molecule has 1 atom stereocenters. The van der Waals surface area contributed by atoms with E-state index >= 15 is 0 Å². The van der Waals surface area contributed by atoms with Crippen LogP contribution in [0.3, 0.4) is 0 Å². The molecule has 0 bridgehead atoms. The van der Waals surface area contributed by atoms with Gasteiger partial charge in [-0.25, -0.2) is 9.18 Å². The average molecular weight is 365 g/mol. The Kier molecular flexibility index (Phi) is 4.54. The Morgan fingerprint density at radius 1 is 1.07 bits per heavy atom. The van der Waals surface area contributed by atoms with Crippen LogP contribution in [0.15, 0.2) is 66.9 Å². The van der Waals surface area contributed by atoms with Crippen LogP contribution in [0, 0.1) is 5.82 Å². The molecule has 1 N–H and O–H groups in total. The first-order chi connectivity index (χ1) is 13.2. The summed E-state index contributed by atoms with van der Waals surface area (Å²) in [7, 11) is 1.59. The van der Waals surface area contributed by atoms with Crippen molar-refractivity contribution in [3.05, 3.63) is 83.9 Å². The molecule has 4 rings (SSSR count). The molecule has 0 aliphatic carbocycles. The highest BCUT2D eigenvalue weighted by Crippen LogP contribution is 2.34. The van der Waals surface area contributed by atoms with Gasteiger partial charge in [0.15, 0.2) is 0 Å². The molecule has 3 aromatic rings. The molecule has 6 heteroatoms. The number of methoxy groups -OCH3 is 1. The second-order valence-electron chi connectivity index (χ2n) is 6.40. The van der Waals surface area contributed by atoms with E-state index < -0.39 is 6.04 Å². The number of fused-ring (bicyclic) bond motifs is 1. The third-order valence-corrected chi connectivity index (χ3v) is 4.84. The van der Waals surface area contributed by atoms with E-state index in [1.165, 1.54) is 6.07 Å². The minimum absolute atomic E-state index is 0.263. The van der Waals surface area contributed by atoms with Crippen molar-refractivity contribution in [2.75, 3.05) is 19.0 Å². The van der Waals surface area contributed by atoms with Gasteiger partial charge in [0, 0.05) is 36.2 Å². The summed E-state index contributed by atoms with van der Waals surface area (Å²) in [5.74, 6) is 0.396. The number of carbonyl (C=O) groups excluding carboxylic acids is 1. The van der Waals surface area contributed by atoms with Crippen LogP contribution in [0.5, 0.6) is 5.75 Å². The second kappa shape index (κ2) is 7.15. The summed E-state index contributed by atoms with van der Waals surface area (Å²) >= 11 is 0. The number of amides is 2. The fourth-order valence-corrected chi connectivity index (χ4v) is 3.50. The summed E-state index contributed by atoms with van der Waals surface area (Å²) in [5, 5.41) is 2.90. The van der Waals surface area contributed by atoms with Crippen LogP contribution in [0.2, 0.25) is 0 Å². The van der Waals surface area contributed by atoms with Crippen LogP contribution in [0.4, 0.5) is 14.9 Å². The molecule has 27 heavy (non-hydrogen) atoms. The number of hydrogen-bond acceptors (Lipinski definition) is 2. The van der Waals surface area contributed by atoms with Gasteiger partial charge in [0.1, 0.15) is 17.6 Å². The number of carbonyl (C=O) groups is 1. The van der Waals surface area contributed by atoms with Gasteiger partial charge in [0.05, 0.1) is 7.11 Å².